The van der Waals surface area contributed by atoms with Crippen LogP contribution in [0.2, 0.25) is 0 Å². The lowest BCUT2D eigenvalue weighted by Crippen LogP contribution is -2.20. The number of aromatic amines is 1. The highest BCUT2D eigenvalue weighted by Crippen LogP contribution is 2.45. The molecule has 1 aromatic carbocycles. The van der Waals surface area contributed by atoms with Crippen LogP contribution in [-0.4, -0.2) is 27.2 Å². The van der Waals surface area contributed by atoms with Gasteiger partial charge in [-0.3, -0.25) is 4.79 Å². The molecule has 1 aliphatic carbocycles. The van der Waals surface area contributed by atoms with E-state index >= 15 is 0 Å². The first-order valence-electron chi connectivity index (χ1n) is 8.97. The van der Waals surface area contributed by atoms with E-state index in [0.29, 0.717) is 17.0 Å². The molecule has 0 aliphatic heterocycles. The van der Waals surface area contributed by atoms with Gasteiger partial charge >= 0.3 is 0 Å². The number of anilines is 1. The maximum atomic E-state index is 12.6. The molecule has 0 saturated heterocycles. The number of fused-ring (bicyclic) bond motifs is 1. The molecule has 1 aliphatic rings. The van der Waals surface area contributed by atoms with Gasteiger partial charge in [-0.2, -0.15) is 10.2 Å². The second-order valence-electron chi connectivity index (χ2n) is 6.92. The average molecular weight is 377 g/mol. The zero-order chi connectivity index (χ0) is 19.8. The fourth-order valence-electron chi connectivity index (χ4n) is 3.26. The molecule has 4 rings (SSSR count). The summed E-state index contributed by atoms with van der Waals surface area (Å²) in [7, 11) is 1.42. The van der Waals surface area contributed by atoms with Gasteiger partial charge in [-0.25, -0.2) is 4.98 Å². The lowest BCUT2D eigenvalue weighted by molar-refractivity contribution is 0.396. The summed E-state index contributed by atoms with van der Waals surface area (Å²) in [6.07, 6.45) is 3.50. The van der Waals surface area contributed by atoms with Crippen molar-refractivity contribution >= 4 is 16.9 Å². The number of hydrogen-bond donors (Lipinski definition) is 3. The third kappa shape index (κ3) is 3.22. The van der Waals surface area contributed by atoms with Gasteiger partial charge in [0.1, 0.15) is 17.4 Å². The third-order valence-corrected chi connectivity index (χ3v) is 4.92. The Morgan fingerprint density at radius 2 is 2.18 bits per heavy atom. The van der Waals surface area contributed by atoms with Crippen molar-refractivity contribution in [2.24, 2.45) is 0 Å². The Balaban J connectivity index is 1.66. The van der Waals surface area contributed by atoms with E-state index in [1.807, 2.05) is 19.1 Å². The molecule has 3 aromatic rings. The molecule has 0 unspecified atom stereocenters. The van der Waals surface area contributed by atoms with Crippen LogP contribution in [0.4, 0.5) is 5.95 Å². The molecule has 0 spiro atoms. The molecule has 0 amide bonds. The first-order valence-corrected chi connectivity index (χ1v) is 8.97. The first kappa shape index (κ1) is 17.8. The molecule has 8 heteroatoms. The van der Waals surface area contributed by atoms with E-state index in [1.54, 1.807) is 12.1 Å². The van der Waals surface area contributed by atoms with Crippen molar-refractivity contribution in [1.29, 1.82) is 5.26 Å². The van der Waals surface area contributed by atoms with E-state index in [4.69, 9.17) is 10.00 Å². The van der Waals surface area contributed by atoms with E-state index < -0.39 is 6.04 Å². The van der Waals surface area contributed by atoms with Gasteiger partial charge < -0.3 is 20.1 Å². The number of methoxy groups -OCH3 is 1. The first-order chi connectivity index (χ1) is 13.5. The Morgan fingerprint density at radius 1 is 1.39 bits per heavy atom. The van der Waals surface area contributed by atoms with Crippen LogP contribution in [-0.2, 0) is 0 Å². The number of hydrogen-bond acceptors (Lipinski definition) is 7. The molecule has 28 heavy (non-hydrogen) atoms. The van der Waals surface area contributed by atoms with Gasteiger partial charge in [0.05, 0.1) is 19.3 Å². The van der Waals surface area contributed by atoms with Crippen LogP contribution in [0.1, 0.15) is 48.4 Å². The molecule has 0 bridgehead atoms. The topological polar surface area (TPSA) is 124 Å². The van der Waals surface area contributed by atoms with Crippen molar-refractivity contribution < 1.29 is 9.84 Å². The standard InChI is InChI=1S/C20H19N5O3/c1-10(23-20-22-9-13(8-21)19(25-20)28-2)14-5-12-6-17(26)15(11-3-4-11)7-16(12)24-18(14)27/h5-7,9-11,26H,3-4H2,1-2H3,(H,24,27)(H,22,23,25)/t10-/m0/s1. The van der Waals surface area contributed by atoms with Gasteiger partial charge in [0, 0.05) is 16.5 Å². The summed E-state index contributed by atoms with van der Waals surface area (Å²) < 4.78 is 5.08. The summed E-state index contributed by atoms with van der Waals surface area (Å²) in [6.45, 7) is 1.81. The highest BCUT2D eigenvalue weighted by molar-refractivity contribution is 5.82. The zero-order valence-corrected chi connectivity index (χ0v) is 15.5. The van der Waals surface area contributed by atoms with Crippen molar-refractivity contribution in [3.63, 3.8) is 0 Å². The summed E-state index contributed by atoms with van der Waals surface area (Å²) in [5.41, 5.74) is 2.09. The molecule has 1 atom stereocenters. The molecule has 8 nitrogen and oxygen atoms in total. The fourth-order valence-corrected chi connectivity index (χ4v) is 3.26. The maximum Gasteiger partial charge on any atom is 0.253 e. The Hall–Kier alpha value is -3.60. The number of aromatic hydroxyl groups is 1. The number of nitriles is 1. The third-order valence-electron chi connectivity index (χ3n) is 4.92. The molecule has 2 aromatic heterocycles. The van der Waals surface area contributed by atoms with Crippen molar-refractivity contribution in [1.82, 2.24) is 15.0 Å². The summed E-state index contributed by atoms with van der Waals surface area (Å²) in [5, 5.41) is 23.1. The number of nitrogens with one attached hydrogen (secondary N) is 2. The number of aromatic nitrogens is 3. The fraction of sp³-hybridized carbons (Fsp3) is 0.300. The molecule has 1 fully saturated rings. The number of phenols is 1. The summed E-state index contributed by atoms with van der Waals surface area (Å²) >= 11 is 0. The number of H-pyrrole nitrogens is 1. The van der Waals surface area contributed by atoms with E-state index in [1.165, 1.54) is 13.3 Å². The molecule has 2 heterocycles. The van der Waals surface area contributed by atoms with Gasteiger partial charge in [0.2, 0.25) is 11.8 Å². The molecule has 0 radical (unpaired) electrons. The molecular weight excluding hydrogens is 358 g/mol. The predicted octanol–water partition coefficient (Wildman–Crippen LogP) is 2.95. The van der Waals surface area contributed by atoms with Gasteiger partial charge in [-0.1, -0.05) is 0 Å². The Morgan fingerprint density at radius 3 is 2.86 bits per heavy atom. The minimum atomic E-state index is -0.406. The maximum absolute atomic E-state index is 12.6. The summed E-state index contributed by atoms with van der Waals surface area (Å²) in [5.74, 6) is 1.05. The largest absolute Gasteiger partial charge is 0.508 e. The minimum Gasteiger partial charge on any atom is -0.508 e. The average Bonchev–Trinajstić information content (AvgIpc) is 3.52. The highest BCUT2D eigenvalue weighted by Gasteiger charge is 2.27. The number of phenolic OH excluding ortho intramolecular Hbond substituents is 1. The molecule has 142 valence electrons. The molecule has 3 N–H and O–H groups in total. The predicted molar refractivity (Wildman–Crippen MR) is 104 cm³/mol. The number of nitrogens with zero attached hydrogens (tertiary/aromatic N) is 3. The van der Waals surface area contributed by atoms with Crippen molar-refractivity contribution in [3.05, 3.63) is 51.4 Å². The van der Waals surface area contributed by atoms with Gasteiger partial charge in [-0.05, 0) is 49.4 Å². The lowest BCUT2D eigenvalue weighted by Gasteiger charge is -2.15. The van der Waals surface area contributed by atoms with Crippen LogP contribution < -0.4 is 15.6 Å². The second-order valence-corrected chi connectivity index (χ2v) is 6.92. The van der Waals surface area contributed by atoms with Crippen molar-refractivity contribution in [2.45, 2.75) is 31.7 Å². The minimum absolute atomic E-state index is 0.164. The van der Waals surface area contributed by atoms with Gasteiger partial charge in [-0.15, -0.1) is 0 Å². The Kier molecular flexibility index (Phi) is 4.35. The SMILES string of the molecule is COc1nc(N[C@@H](C)c2cc3cc(O)c(C4CC4)cc3[nH]c2=O)ncc1C#N. The lowest BCUT2D eigenvalue weighted by atomic mass is 10.0. The van der Waals surface area contributed by atoms with E-state index in [0.717, 1.165) is 23.8 Å². The van der Waals surface area contributed by atoms with Gasteiger partial charge in [0.25, 0.3) is 5.56 Å². The van der Waals surface area contributed by atoms with Crippen molar-refractivity contribution in [2.75, 3.05) is 12.4 Å². The zero-order valence-electron chi connectivity index (χ0n) is 15.5. The quantitative estimate of drug-likeness (QED) is 0.624. The van der Waals surface area contributed by atoms with Crippen LogP contribution in [0.3, 0.4) is 0 Å². The number of pyridine rings is 1. The Labute approximate surface area is 160 Å². The monoisotopic (exact) mass is 377 g/mol. The number of benzene rings is 1. The van der Waals surface area contributed by atoms with Gasteiger partial charge in [0.15, 0.2) is 0 Å². The number of ether oxygens (including phenoxy) is 1. The van der Waals surface area contributed by atoms with E-state index in [2.05, 4.69) is 20.3 Å². The van der Waals surface area contributed by atoms with Crippen molar-refractivity contribution in [3.8, 4) is 17.7 Å². The second kappa shape index (κ2) is 6.85. The molecular formula is C20H19N5O3. The number of rotatable bonds is 5. The van der Waals surface area contributed by atoms with Crippen LogP contribution >= 0.6 is 0 Å². The summed E-state index contributed by atoms with van der Waals surface area (Å²) in [6, 6.07) is 6.85. The smallest absolute Gasteiger partial charge is 0.253 e. The van der Waals surface area contributed by atoms with Crippen LogP contribution in [0.15, 0.2) is 29.2 Å². The van der Waals surface area contributed by atoms with E-state index in [-0.39, 0.29) is 28.7 Å². The van der Waals surface area contributed by atoms with Crippen LogP contribution in [0, 0.1) is 11.3 Å². The summed E-state index contributed by atoms with van der Waals surface area (Å²) in [4.78, 5) is 23.7. The normalized spacial score (nSPS) is 14.5. The molecule has 1 saturated carbocycles. The highest BCUT2D eigenvalue weighted by atomic mass is 16.5. The van der Waals surface area contributed by atoms with Crippen LogP contribution in [0.25, 0.3) is 10.9 Å². The van der Waals surface area contributed by atoms with E-state index in [9.17, 15) is 9.90 Å². The van der Waals surface area contributed by atoms with Crippen LogP contribution in [0.5, 0.6) is 11.6 Å². The Bertz CT molecular complexity index is 1160.